The van der Waals surface area contributed by atoms with Crippen LogP contribution in [-0.4, -0.2) is 19.7 Å². The highest BCUT2D eigenvalue weighted by molar-refractivity contribution is 7.18. The Hall–Kier alpha value is -2.01. The molecule has 2 aromatic rings. The topological polar surface area (TPSA) is 61.5 Å². The van der Waals surface area contributed by atoms with Crippen molar-refractivity contribution in [3.05, 3.63) is 35.2 Å². The second-order valence-corrected chi connectivity index (χ2v) is 4.90. The molecule has 19 heavy (non-hydrogen) atoms. The molecule has 0 saturated carbocycles. The predicted octanol–water partition coefficient (Wildman–Crippen LogP) is 3.18. The van der Waals surface area contributed by atoms with E-state index in [-0.39, 0.29) is 5.97 Å². The van der Waals surface area contributed by atoms with E-state index in [4.69, 9.17) is 15.2 Å². The first-order chi connectivity index (χ1) is 9.15. The molecule has 0 aliphatic carbocycles. The molecule has 1 heterocycles. The third-order valence-electron chi connectivity index (χ3n) is 2.58. The maximum Gasteiger partial charge on any atom is 0.350 e. The third-order valence-corrected chi connectivity index (χ3v) is 3.76. The molecule has 0 spiro atoms. The minimum Gasteiger partial charge on any atom is -0.497 e. The first-order valence-electron chi connectivity index (χ1n) is 5.86. The van der Waals surface area contributed by atoms with E-state index in [1.54, 1.807) is 20.1 Å². The number of benzene rings is 1. The van der Waals surface area contributed by atoms with Gasteiger partial charge in [0.05, 0.1) is 19.4 Å². The van der Waals surface area contributed by atoms with Crippen LogP contribution in [0.25, 0.3) is 10.4 Å². The van der Waals surface area contributed by atoms with Crippen LogP contribution in [0.15, 0.2) is 30.3 Å². The summed E-state index contributed by atoms with van der Waals surface area (Å²) >= 11 is 1.32. The van der Waals surface area contributed by atoms with Crippen LogP contribution in [0.1, 0.15) is 16.6 Å². The molecule has 100 valence electrons. The van der Waals surface area contributed by atoms with Gasteiger partial charge in [0.1, 0.15) is 10.6 Å². The SMILES string of the molecule is CCOC(=O)c1sc(-c2cccc(OC)c2)cc1N. The van der Waals surface area contributed by atoms with E-state index in [0.29, 0.717) is 17.2 Å². The fourth-order valence-electron chi connectivity index (χ4n) is 1.68. The van der Waals surface area contributed by atoms with Gasteiger partial charge < -0.3 is 15.2 Å². The Morgan fingerprint density at radius 2 is 2.16 bits per heavy atom. The summed E-state index contributed by atoms with van der Waals surface area (Å²) < 4.78 is 10.2. The second kappa shape index (κ2) is 5.75. The summed E-state index contributed by atoms with van der Waals surface area (Å²) in [6, 6.07) is 9.40. The normalized spacial score (nSPS) is 10.2. The number of hydrogen-bond acceptors (Lipinski definition) is 5. The van der Waals surface area contributed by atoms with Crippen molar-refractivity contribution in [2.45, 2.75) is 6.92 Å². The van der Waals surface area contributed by atoms with Gasteiger partial charge in [0, 0.05) is 4.88 Å². The summed E-state index contributed by atoms with van der Waals surface area (Å²) in [7, 11) is 1.62. The molecular weight excluding hydrogens is 262 g/mol. The highest BCUT2D eigenvalue weighted by Crippen LogP contribution is 2.34. The van der Waals surface area contributed by atoms with Gasteiger partial charge in [-0.05, 0) is 30.7 Å². The summed E-state index contributed by atoms with van der Waals surface area (Å²) in [4.78, 5) is 13.1. The smallest absolute Gasteiger partial charge is 0.350 e. The predicted molar refractivity (Wildman–Crippen MR) is 76.7 cm³/mol. The number of thiophene rings is 1. The Balaban J connectivity index is 2.36. The number of methoxy groups -OCH3 is 1. The highest BCUT2D eigenvalue weighted by Gasteiger charge is 2.16. The van der Waals surface area contributed by atoms with Crippen LogP contribution in [0.5, 0.6) is 5.75 Å². The Kier molecular flexibility index (Phi) is 4.06. The second-order valence-electron chi connectivity index (χ2n) is 3.85. The van der Waals surface area contributed by atoms with E-state index in [0.717, 1.165) is 16.2 Å². The molecule has 0 aliphatic rings. The molecule has 0 bridgehead atoms. The van der Waals surface area contributed by atoms with Crippen molar-refractivity contribution >= 4 is 23.0 Å². The van der Waals surface area contributed by atoms with Crippen molar-refractivity contribution < 1.29 is 14.3 Å². The molecule has 0 radical (unpaired) electrons. The molecule has 2 rings (SSSR count). The molecule has 0 aliphatic heterocycles. The quantitative estimate of drug-likeness (QED) is 0.872. The largest absolute Gasteiger partial charge is 0.497 e. The van der Waals surface area contributed by atoms with Crippen LogP contribution in [0.2, 0.25) is 0 Å². The zero-order chi connectivity index (χ0) is 13.8. The van der Waals surface area contributed by atoms with Crippen molar-refractivity contribution in [3.8, 4) is 16.2 Å². The Labute approximate surface area is 115 Å². The summed E-state index contributed by atoms with van der Waals surface area (Å²) in [5, 5.41) is 0. The fourth-order valence-corrected chi connectivity index (χ4v) is 2.65. The lowest BCUT2D eigenvalue weighted by Crippen LogP contribution is -2.04. The first-order valence-corrected chi connectivity index (χ1v) is 6.68. The van der Waals surface area contributed by atoms with Crippen molar-refractivity contribution in [2.75, 3.05) is 19.5 Å². The van der Waals surface area contributed by atoms with Gasteiger partial charge in [0.25, 0.3) is 0 Å². The fraction of sp³-hybridized carbons (Fsp3) is 0.214. The van der Waals surface area contributed by atoms with E-state index in [1.165, 1.54) is 11.3 Å². The average molecular weight is 277 g/mol. The Bertz CT molecular complexity index is 592. The monoisotopic (exact) mass is 277 g/mol. The lowest BCUT2D eigenvalue weighted by molar-refractivity contribution is 0.0533. The molecule has 0 atom stereocenters. The van der Waals surface area contributed by atoms with Gasteiger partial charge >= 0.3 is 5.97 Å². The van der Waals surface area contributed by atoms with Crippen LogP contribution in [0.4, 0.5) is 5.69 Å². The first kappa shape index (κ1) is 13.4. The van der Waals surface area contributed by atoms with Crippen molar-refractivity contribution in [2.24, 2.45) is 0 Å². The van der Waals surface area contributed by atoms with E-state index >= 15 is 0 Å². The van der Waals surface area contributed by atoms with E-state index < -0.39 is 0 Å². The summed E-state index contributed by atoms with van der Waals surface area (Å²) in [5.41, 5.74) is 7.27. The summed E-state index contributed by atoms with van der Waals surface area (Å²) in [6.45, 7) is 2.11. The van der Waals surface area contributed by atoms with E-state index in [9.17, 15) is 4.79 Å². The lowest BCUT2D eigenvalue weighted by atomic mass is 10.2. The zero-order valence-electron chi connectivity index (χ0n) is 10.8. The number of nitrogens with two attached hydrogens (primary N) is 1. The number of esters is 1. The third kappa shape index (κ3) is 2.88. The highest BCUT2D eigenvalue weighted by atomic mass is 32.1. The van der Waals surface area contributed by atoms with Crippen LogP contribution >= 0.6 is 11.3 Å². The van der Waals surface area contributed by atoms with Crippen molar-refractivity contribution in [3.63, 3.8) is 0 Å². The summed E-state index contributed by atoms with van der Waals surface area (Å²) in [6.07, 6.45) is 0. The zero-order valence-corrected chi connectivity index (χ0v) is 11.6. The molecule has 4 nitrogen and oxygen atoms in total. The van der Waals surface area contributed by atoms with Gasteiger partial charge in [-0.1, -0.05) is 12.1 Å². The molecule has 1 aromatic carbocycles. The molecular formula is C14H15NO3S. The molecule has 0 amide bonds. The van der Waals surface area contributed by atoms with Gasteiger partial charge in [0.15, 0.2) is 0 Å². The molecule has 1 aromatic heterocycles. The van der Waals surface area contributed by atoms with Crippen LogP contribution in [-0.2, 0) is 4.74 Å². The maximum atomic E-state index is 11.7. The number of rotatable bonds is 4. The Morgan fingerprint density at radius 3 is 2.84 bits per heavy atom. The number of ether oxygens (including phenoxy) is 2. The van der Waals surface area contributed by atoms with Gasteiger partial charge in [-0.25, -0.2) is 4.79 Å². The average Bonchev–Trinajstić information content (AvgIpc) is 2.81. The minimum absolute atomic E-state index is 0.338. The van der Waals surface area contributed by atoms with E-state index in [1.807, 2.05) is 24.3 Å². The molecule has 2 N–H and O–H groups in total. The van der Waals surface area contributed by atoms with Crippen molar-refractivity contribution in [1.82, 2.24) is 0 Å². The molecule has 0 fully saturated rings. The van der Waals surface area contributed by atoms with Gasteiger partial charge in [-0.2, -0.15) is 0 Å². The number of anilines is 1. The number of nitrogen functional groups attached to an aromatic ring is 1. The molecule has 5 heteroatoms. The Morgan fingerprint density at radius 1 is 1.37 bits per heavy atom. The lowest BCUT2D eigenvalue weighted by Gasteiger charge is -2.01. The van der Waals surface area contributed by atoms with Gasteiger partial charge in [0.2, 0.25) is 0 Å². The standard InChI is InChI=1S/C14H15NO3S/c1-3-18-14(16)13-11(15)8-12(19-13)9-5-4-6-10(7-9)17-2/h4-8H,3,15H2,1-2H3. The van der Waals surface area contributed by atoms with Gasteiger partial charge in [-0.15, -0.1) is 11.3 Å². The van der Waals surface area contributed by atoms with E-state index in [2.05, 4.69) is 0 Å². The number of carbonyl (C=O) groups is 1. The van der Waals surface area contributed by atoms with Gasteiger partial charge in [-0.3, -0.25) is 0 Å². The van der Waals surface area contributed by atoms with Crippen LogP contribution < -0.4 is 10.5 Å². The number of hydrogen-bond donors (Lipinski definition) is 1. The molecule has 0 saturated heterocycles. The maximum absolute atomic E-state index is 11.7. The number of carbonyl (C=O) groups excluding carboxylic acids is 1. The molecule has 0 unspecified atom stereocenters. The van der Waals surface area contributed by atoms with Crippen LogP contribution in [0, 0.1) is 0 Å². The van der Waals surface area contributed by atoms with Crippen molar-refractivity contribution in [1.29, 1.82) is 0 Å². The van der Waals surface area contributed by atoms with Crippen LogP contribution in [0.3, 0.4) is 0 Å². The minimum atomic E-state index is -0.376. The summed E-state index contributed by atoms with van der Waals surface area (Å²) in [5.74, 6) is 0.390.